The molecule has 19 unspecified atom stereocenters. The maximum Gasteiger partial charge on any atom is 0.308 e. The Kier molecular flexibility index (Phi) is 20.0. The molecule has 17 heteroatoms. The normalized spacial score (nSPS) is 44.0. The number of esters is 2. The van der Waals surface area contributed by atoms with Gasteiger partial charge >= 0.3 is 11.9 Å². The predicted octanol–water partition coefficient (Wildman–Crippen LogP) is 2.90. The van der Waals surface area contributed by atoms with Gasteiger partial charge in [0.15, 0.2) is 25.0 Å². The summed E-state index contributed by atoms with van der Waals surface area (Å²) in [5.41, 5.74) is -1.48. The molecule has 0 spiro atoms. The van der Waals surface area contributed by atoms with Crippen LogP contribution in [-0.4, -0.2) is 182 Å². The Morgan fingerprint density at radius 2 is 1.60 bits per heavy atom. The van der Waals surface area contributed by atoms with Crippen molar-refractivity contribution in [3.63, 3.8) is 0 Å². The van der Waals surface area contributed by atoms with Crippen molar-refractivity contribution >= 4 is 18.2 Å². The molecule has 3 N–H and O–H groups in total. The van der Waals surface area contributed by atoms with Gasteiger partial charge in [-0.15, -0.1) is 0 Å². The molecule has 0 saturated carbocycles. The van der Waals surface area contributed by atoms with Crippen LogP contribution < -0.4 is 0 Å². The van der Waals surface area contributed by atoms with Crippen LogP contribution >= 0.6 is 0 Å². The van der Waals surface area contributed by atoms with Crippen LogP contribution in [0.1, 0.15) is 93.4 Å². The Balaban J connectivity index is 1.65. The van der Waals surface area contributed by atoms with E-state index in [1.54, 1.807) is 46.7 Å². The highest BCUT2D eigenvalue weighted by Gasteiger charge is 2.52. The van der Waals surface area contributed by atoms with Crippen LogP contribution in [0.25, 0.3) is 0 Å². The van der Waals surface area contributed by atoms with Crippen LogP contribution in [0.2, 0.25) is 0 Å². The maximum absolute atomic E-state index is 13.1. The van der Waals surface area contributed by atoms with E-state index in [4.69, 9.17) is 42.6 Å². The second-order valence-electron chi connectivity index (χ2n) is 18.4. The number of rotatable bonds is 12. The zero-order valence-electron chi connectivity index (χ0n) is 38.9. The van der Waals surface area contributed by atoms with E-state index in [-0.39, 0.29) is 30.9 Å². The van der Waals surface area contributed by atoms with Gasteiger partial charge in [0.1, 0.15) is 36.3 Å². The average Bonchev–Trinajstić information content (AvgIpc) is 3.16. The van der Waals surface area contributed by atoms with Crippen LogP contribution in [0.3, 0.4) is 0 Å². The lowest BCUT2D eigenvalue weighted by molar-refractivity contribution is -0.344. The fourth-order valence-corrected chi connectivity index (χ4v) is 9.49. The molecule has 62 heavy (non-hydrogen) atoms. The fourth-order valence-electron chi connectivity index (χ4n) is 9.49. The number of ether oxygens (including phenoxy) is 9. The first-order valence-corrected chi connectivity index (χ1v) is 22.2. The lowest BCUT2D eigenvalue weighted by atomic mass is 9.82. The molecule has 0 radical (unpaired) electrons. The van der Waals surface area contributed by atoms with Crippen LogP contribution in [-0.2, 0) is 57.0 Å². The van der Waals surface area contributed by atoms with Gasteiger partial charge in [-0.25, -0.2) is 0 Å². The molecule has 0 aromatic heterocycles. The summed E-state index contributed by atoms with van der Waals surface area (Å²) >= 11 is 0. The number of carbonyl (C=O) groups excluding carboxylic acids is 3. The summed E-state index contributed by atoms with van der Waals surface area (Å²) in [6.45, 7) is 12.1. The van der Waals surface area contributed by atoms with E-state index in [0.717, 1.165) is 12.7 Å². The highest BCUT2D eigenvalue weighted by molar-refractivity contribution is 5.70. The molecule has 0 aromatic rings. The number of aliphatic hydroxyl groups is 3. The molecule has 4 rings (SSSR count). The first-order chi connectivity index (χ1) is 29.2. The minimum atomic E-state index is -1.48. The summed E-state index contributed by atoms with van der Waals surface area (Å²) in [5.74, 6) is -2.05. The monoisotopic (exact) mass is 885 g/mol. The maximum atomic E-state index is 13.1. The number of cyclic esters (lactones) is 1. The molecule has 3 fully saturated rings. The third-order valence-corrected chi connectivity index (χ3v) is 12.6. The van der Waals surface area contributed by atoms with Gasteiger partial charge < -0.3 is 72.5 Å². The van der Waals surface area contributed by atoms with Crippen molar-refractivity contribution in [1.82, 2.24) is 9.80 Å². The molecule has 3 saturated heterocycles. The minimum absolute atomic E-state index is 0.0203. The molecule has 17 nitrogen and oxygen atoms in total. The van der Waals surface area contributed by atoms with Gasteiger partial charge in [-0.3, -0.25) is 9.59 Å². The van der Waals surface area contributed by atoms with Crippen LogP contribution in [0.15, 0.2) is 24.3 Å². The number of hydrogen-bond donors (Lipinski definition) is 3. The van der Waals surface area contributed by atoms with Gasteiger partial charge in [0.25, 0.3) is 0 Å². The van der Waals surface area contributed by atoms with Crippen molar-refractivity contribution in [2.24, 2.45) is 11.8 Å². The third-order valence-electron chi connectivity index (χ3n) is 12.6. The number of hydrogen-bond acceptors (Lipinski definition) is 17. The van der Waals surface area contributed by atoms with Crippen molar-refractivity contribution in [2.45, 2.75) is 197 Å². The molecule has 356 valence electrons. The zero-order valence-corrected chi connectivity index (χ0v) is 38.9. The van der Waals surface area contributed by atoms with Gasteiger partial charge in [-0.05, 0) is 93.9 Å². The van der Waals surface area contributed by atoms with E-state index in [2.05, 4.69) is 4.90 Å². The standard InChI is InChI=1S/C45H76N2O15/c1-25-22-31(20-21-48)41(62-44-39(52)38(47(10)11)40(28(4)58-44)61-37-24-45(7,53)43(29(5)57-37)59-30(6)49)42(54-12)33(50)23-35(51)55-26(2)16-14-13-15-17-34(25)60-36-19-18-32(46(8)9)27(3)56-36/h13-15,17,21,25-29,31-34,36-44,50,52-53H,16,18-20,22-24H2,1-12H3/b14-13+,17-15+. The fraction of sp³-hybridized carbons (Fsp3) is 0.844. The van der Waals surface area contributed by atoms with E-state index in [1.165, 1.54) is 14.0 Å². The van der Waals surface area contributed by atoms with Crippen LogP contribution in [0.5, 0.6) is 0 Å². The Hall–Kier alpha value is -2.39. The smallest absolute Gasteiger partial charge is 0.308 e. The van der Waals surface area contributed by atoms with Crippen molar-refractivity contribution in [2.75, 3.05) is 35.3 Å². The summed E-state index contributed by atoms with van der Waals surface area (Å²) in [7, 11) is 9.01. The highest BCUT2D eigenvalue weighted by atomic mass is 16.7. The summed E-state index contributed by atoms with van der Waals surface area (Å²) in [6, 6.07) is -0.501. The van der Waals surface area contributed by atoms with E-state index in [1.807, 2.05) is 52.2 Å². The first kappa shape index (κ1) is 52.2. The largest absolute Gasteiger partial charge is 0.462 e. The summed E-state index contributed by atoms with van der Waals surface area (Å²) in [4.78, 5) is 41.4. The second kappa shape index (κ2) is 23.7. The van der Waals surface area contributed by atoms with Crippen molar-refractivity contribution in [3.8, 4) is 0 Å². The summed E-state index contributed by atoms with van der Waals surface area (Å²) < 4.78 is 55.7. The highest BCUT2D eigenvalue weighted by Crippen LogP contribution is 2.38. The van der Waals surface area contributed by atoms with Crippen molar-refractivity contribution < 1.29 is 72.3 Å². The number of nitrogens with zero attached hydrogens (tertiary/aromatic N) is 2. The average molecular weight is 885 g/mol. The number of aldehydes is 1. The SMILES string of the molecule is COC1C(O)CC(=O)OC(C)C/C=C/C=C/C(OC2CCC(N(C)C)C(C)O2)C(C)CC(CC=O)C1OC1OC(C)C(OC2CC(C)(O)C(OC(C)=O)C(C)O2)C(N(C)C)C1O. The predicted molar refractivity (Wildman–Crippen MR) is 226 cm³/mol. The molecule has 0 bridgehead atoms. The van der Waals surface area contributed by atoms with Gasteiger partial charge in [0, 0.05) is 39.3 Å². The van der Waals surface area contributed by atoms with Crippen LogP contribution in [0, 0.1) is 11.8 Å². The molecule has 0 amide bonds. The van der Waals surface area contributed by atoms with Gasteiger partial charge in [0.2, 0.25) is 0 Å². The molecular formula is C45H76N2O15. The Labute approximate surface area is 368 Å². The quantitative estimate of drug-likeness (QED) is 0.191. The molecule has 0 aliphatic carbocycles. The van der Waals surface area contributed by atoms with Gasteiger partial charge in [-0.2, -0.15) is 0 Å². The van der Waals surface area contributed by atoms with Crippen molar-refractivity contribution in [3.05, 3.63) is 24.3 Å². The number of methoxy groups -OCH3 is 1. The van der Waals surface area contributed by atoms with Crippen LogP contribution in [0.4, 0.5) is 0 Å². The molecular weight excluding hydrogens is 808 g/mol. The summed E-state index contributed by atoms with van der Waals surface area (Å²) in [5, 5.41) is 35.1. The second-order valence-corrected chi connectivity index (χ2v) is 18.4. The molecule has 19 atom stereocenters. The van der Waals surface area contributed by atoms with Gasteiger partial charge in [0.05, 0.1) is 49.1 Å². The lowest BCUT2D eigenvalue weighted by Crippen LogP contribution is -2.66. The molecule has 4 aliphatic rings. The van der Waals surface area contributed by atoms with Gasteiger partial charge in [-0.1, -0.05) is 31.2 Å². The Morgan fingerprint density at radius 3 is 2.19 bits per heavy atom. The number of allylic oxidation sites excluding steroid dienone is 2. The topological polar surface area (TPSA) is 201 Å². The summed E-state index contributed by atoms with van der Waals surface area (Å²) in [6.07, 6.45) is -1.69. The van der Waals surface area contributed by atoms with E-state index in [0.29, 0.717) is 19.3 Å². The van der Waals surface area contributed by atoms with Crippen molar-refractivity contribution in [1.29, 1.82) is 0 Å². The first-order valence-electron chi connectivity index (χ1n) is 22.2. The number of carbonyl (C=O) groups is 3. The molecule has 0 aromatic carbocycles. The third kappa shape index (κ3) is 14.1. The number of likely N-dealkylation sites (N-methyl/N-ethyl adjacent to an activating group) is 2. The van der Waals surface area contributed by atoms with E-state index in [9.17, 15) is 29.7 Å². The number of aliphatic hydroxyl groups excluding tert-OH is 2. The Bertz CT molecular complexity index is 1480. The van der Waals surface area contributed by atoms with E-state index < -0.39 is 116 Å². The minimum Gasteiger partial charge on any atom is -0.462 e. The molecule has 4 heterocycles. The van der Waals surface area contributed by atoms with E-state index >= 15 is 0 Å². The lowest BCUT2D eigenvalue weighted by Gasteiger charge is -2.50. The Morgan fingerprint density at radius 1 is 0.903 bits per heavy atom. The molecule has 4 aliphatic heterocycles. The zero-order chi connectivity index (χ0) is 46.1.